The van der Waals surface area contributed by atoms with Gasteiger partial charge in [0.05, 0.1) is 24.8 Å². The van der Waals surface area contributed by atoms with Crippen LogP contribution in [0.4, 0.5) is 0 Å². The number of aryl methyl sites for hydroxylation is 1. The van der Waals surface area contributed by atoms with Crippen molar-refractivity contribution in [3.8, 4) is 5.75 Å². The zero-order chi connectivity index (χ0) is 23.3. The van der Waals surface area contributed by atoms with Crippen LogP contribution in [0.1, 0.15) is 42.5 Å². The van der Waals surface area contributed by atoms with E-state index in [0.29, 0.717) is 12.2 Å². The molecule has 1 aliphatic heterocycles. The highest BCUT2D eigenvalue weighted by atomic mass is 79.9. The highest BCUT2D eigenvalue weighted by Gasteiger charge is 2.45. The molecule has 1 saturated heterocycles. The maximum Gasteiger partial charge on any atom is 0.295 e. The lowest BCUT2D eigenvalue weighted by molar-refractivity contribution is -0.140. The summed E-state index contributed by atoms with van der Waals surface area (Å²) in [5, 5.41) is 11.2. The van der Waals surface area contributed by atoms with Crippen LogP contribution in [-0.4, -0.2) is 48.6 Å². The zero-order valence-electron chi connectivity index (χ0n) is 18.6. The maximum absolute atomic E-state index is 13.0. The number of likely N-dealkylation sites (tertiary alicyclic amines) is 1. The number of amides is 1. The van der Waals surface area contributed by atoms with Gasteiger partial charge >= 0.3 is 0 Å². The van der Waals surface area contributed by atoms with Crippen LogP contribution >= 0.6 is 15.9 Å². The fourth-order valence-electron chi connectivity index (χ4n) is 3.76. The van der Waals surface area contributed by atoms with Crippen molar-refractivity contribution in [1.82, 2.24) is 4.90 Å². The molecule has 0 saturated carbocycles. The first-order chi connectivity index (χ1) is 15.4. The molecule has 0 bridgehead atoms. The molecule has 170 valence electrons. The summed E-state index contributed by atoms with van der Waals surface area (Å²) in [7, 11) is 1.54. The van der Waals surface area contributed by atoms with Crippen molar-refractivity contribution in [2.24, 2.45) is 0 Å². The van der Waals surface area contributed by atoms with Gasteiger partial charge in [0.2, 0.25) is 0 Å². The molecule has 2 aromatic carbocycles. The number of rotatable bonds is 9. The molecule has 1 heterocycles. The van der Waals surface area contributed by atoms with Crippen LogP contribution in [0.15, 0.2) is 52.5 Å². The van der Waals surface area contributed by atoms with Gasteiger partial charge in [0.1, 0.15) is 11.5 Å². The van der Waals surface area contributed by atoms with Crippen LogP contribution in [0.25, 0.3) is 5.76 Å². The van der Waals surface area contributed by atoms with Crippen LogP contribution in [-0.2, 0) is 14.3 Å². The Bertz CT molecular complexity index is 1030. The van der Waals surface area contributed by atoms with Gasteiger partial charge in [-0.25, -0.2) is 0 Å². The first kappa shape index (κ1) is 24.0. The largest absolute Gasteiger partial charge is 0.507 e. The van der Waals surface area contributed by atoms with Gasteiger partial charge in [0, 0.05) is 23.7 Å². The van der Waals surface area contributed by atoms with Crippen LogP contribution in [0.2, 0.25) is 0 Å². The Morgan fingerprint density at radius 2 is 1.94 bits per heavy atom. The molecule has 1 unspecified atom stereocenters. The van der Waals surface area contributed by atoms with Gasteiger partial charge in [-0.2, -0.15) is 0 Å². The topological polar surface area (TPSA) is 76.1 Å². The minimum absolute atomic E-state index is 0.0725. The van der Waals surface area contributed by atoms with E-state index in [-0.39, 0.29) is 24.5 Å². The average Bonchev–Trinajstić information content (AvgIpc) is 3.03. The summed E-state index contributed by atoms with van der Waals surface area (Å²) < 4.78 is 11.7. The summed E-state index contributed by atoms with van der Waals surface area (Å²) in [5.41, 5.74) is 2.11. The van der Waals surface area contributed by atoms with E-state index in [2.05, 4.69) is 22.9 Å². The zero-order valence-corrected chi connectivity index (χ0v) is 20.1. The minimum Gasteiger partial charge on any atom is -0.507 e. The normalized spacial score (nSPS) is 17.8. The molecule has 32 heavy (non-hydrogen) atoms. The Balaban J connectivity index is 2.06. The first-order valence-electron chi connectivity index (χ1n) is 10.7. The van der Waals surface area contributed by atoms with Crippen molar-refractivity contribution in [3.05, 3.63) is 69.2 Å². The molecule has 1 atom stereocenters. The van der Waals surface area contributed by atoms with Gasteiger partial charge in [-0.15, -0.1) is 0 Å². The summed E-state index contributed by atoms with van der Waals surface area (Å²) in [6.45, 7) is 5.12. The molecule has 1 aliphatic rings. The number of unbranched alkanes of at least 4 members (excludes halogenated alkanes) is 1. The third-order valence-corrected chi connectivity index (χ3v) is 5.94. The van der Waals surface area contributed by atoms with E-state index < -0.39 is 17.7 Å². The third-order valence-electron chi connectivity index (χ3n) is 5.44. The third kappa shape index (κ3) is 5.05. The van der Waals surface area contributed by atoms with E-state index in [1.54, 1.807) is 18.2 Å². The molecule has 0 aliphatic carbocycles. The number of ether oxygens (including phenoxy) is 2. The second kappa shape index (κ2) is 10.8. The van der Waals surface area contributed by atoms with Gasteiger partial charge in [-0.05, 0) is 54.8 Å². The Kier molecular flexibility index (Phi) is 8.10. The number of hydrogen-bond donors (Lipinski definition) is 1. The number of methoxy groups -OCH3 is 1. The summed E-state index contributed by atoms with van der Waals surface area (Å²) >= 11 is 3.45. The molecule has 1 fully saturated rings. The molecule has 1 N–H and O–H groups in total. The van der Waals surface area contributed by atoms with Gasteiger partial charge in [0.15, 0.2) is 0 Å². The second-order valence-corrected chi connectivity index (χ2v) is 8.64. The van der Waals surface area contributed by atoms with Gasteiger partial charge < -0.3 is 19.5 Å². The van der Waals surface area contributed by atoms with E-state index in [9.17, 15) is 14.7 Å². The Morgan fingerprint density at radius 1 is 1.16 bits per heavy atom. The van der Waals surface area contributed by atoms with Gasteiger partial charge in [0.25, 0.3) is 11.7 Å². The van der Waals surface area contributed by atoms with Gasteiger partial charge in [-0.1, -0.05) is 41.4 Å². The molecule has 2 aromatic rings. The van der Waals surface area contributed by atoms with Gasteiger partial charge in [-0.3, -0.25) is 9.59 Å². The number of halogens is 1. The van der Waals surface area contributed by atoms with Crippen molar-refractivity contribution < 1.29 is 24.2 Å². The van der Waals surface area contributed by atoms with Crippen molar-refractivity contribution in [2.75, 3.05) is 26.9 Å². The number of carbonyl (C=O) groups is 2. The van der Waals surface area contributed by atoms with E-state index >= 15 is 0 Å². The number of benzene rings is 2. The molecule has 0 spiro atoms. The molecule has 1 amide bonds. The van der Waals surface area contributed by atoms with Crippen molar-refractivity contribution in [2.45, 2.75) is 32.7 Å². The highest BCUT2D eigenvalue weighted by molar-refractivity contribution is 9.10. The molecule has 3 rings (SSSR count). The van der Waals surface area contributed by atoms with Crippen LogP contribution in [0, 0.1) is 6.92 Å². The van der Waals surface area contributed by atoms with E-state index in [1.807, 2.05) is 31.2 Å². The fraction of sp³-hybridized carbons (Fsp3) is 0.360. The van der Waals surface area contributed by atoms with Crippen molar-refractivity contribution >= 4 is 33.4 Å². The number of aliphatic hydroxyl groups is 1. The van der Waals surface area contributed by atoms with Crippen LogP contribution in [0.3, 0.4) is 0 Å². The minimum atomic E-state index is -0.705. The maximum atomic E-state index is 13.0. The summed E-state index contributed by atoms with van der Waals surface area (Å²) in [6.07, 6.45) is 2.00. The second-order valence-electron chi connectivity index (χ2n) is 7.72. The number of hydrogen-bond acceptors (Lipinski definition) is 5. The van der Waals surface area contributed by atoms with E-state index in [0.717, 1.165) is 34.2 Å². The van der Waals surface area contributed by atoms with Crippen LogP contribution in [0.5, 0.6) is 5.75 Å². The fourth-order valence-corrected chi connectivity index (χ4v) is 4.18. The summed E-state index contributed by atoms with van der Waals surface area (Å²) in [4.78, 5) is 27.3. The average molecular weight is 502 g/mol. The standard InChI is InChI=1S/C25H28BrNO5/c1-4-5-12-32-20-10-9-18(14-16(20)2)23(28)21-22(17-7-6-8-19(26)15-17)27(11-13-31-3)25(30)24(21)29/h6-10,14-15,22,28H,4-5,11-13H2,1-3H3/b23-21+. The molecule has 0 radical (unpaired) electrons. The van der Waals surface area contributed by atoms with E-state index in [1.165, 1.54) is 12.0 Å². The van der Waals surface area contributed by atoms with Crippen molar-refractivity contribution in [3.63, 3.8) is 0 Å². The lowest BCUT2D eigenvalue weighted by Gasteiger charge is -2.25. The van der Waals surface area contributed by atoms with Crippen molar-refractivity contribution in [1.29, 1.82) is 0 Å². The Hall–Kier alpha value is -2.64. The smallest absolute Gasteiger partial charge is 0.295 e. The number of nitrogens with zero attached hydrogens (tertiary/aromatic N) is 1. The highest BCUT2D eigenvalue weighted by Crippen LogP contribution is 2.40. The Labute approximate surface area is 197 Å². The molecule has 7 heteroatoms. The summed E-state index contributed by atoms with van der Waals surface area (Å²) in [6, 6.07) is 12.0. The predicted molar refractivity (Wildman–Crippen MR) is 127 cm³/mol. The Morgan fingerprint density at radius 3 is 2.59 bits per heavy atom. The number of aliphatic hydroxyl groups excluding tert-OH is 1. The van der Waals surface area contributed by atoms with Crippen LogP contribution < -0.4 is 4.74 Å². The molecular weight excluding hydrogens is 474 g/mol. The first-order valence-corrected chi connectivity index (χ1v) is 11.4. The number of Topliss-reactive ketones (excluding diaryl/α,β-unsaturated/α-hetero) is 1. The quantitative estimate of drug-likeness (QED) is 0.226. The lowest BCUT2D eigenvalue weighted by Crippen LogP contribution is -2.32. The monoisotopic (exact) mass is 501 g/mol. The SMILES string of the molecule is CCCCOc1ccc(/C(O)=C2\C(=O)C(=O)N(CCOC)C2c2cccc(Br)c2)cc1C. The molecule has 0 aromatic heterocycles. The predicted octanol–water partition coefficient (Wildman–Crippen LogP) is 5.00. The summed E-state index contributed by atoms with van der Waals surface area (Å²) in [5.74, 6) is -0.815. The number of ketones is 1. The van der Waals surface area contributed by atoms with E-state index in [4.69, 9.17) is 9.47 Å². The molecule has 6 nitrogen and oxygen atoms in total. The lowest BCUT2D eigenvalue weighted by atomic mass is 9.95. The molecular formula is C25H28BrNO5. The number of carbonyl (C=O) groups excluding carboxylic acids is 2.